The summed E-state index contributed by atoms with van der Waals surface area (Å²) in [6.07, 6.45) is 1.62. The molecule has 3 aromatic heterocycles. The Hall–Kier alpha value is -3.00. The number of benzene rings is 1. The number of thioether (sulfide) groups is 1. The molecule has 0 aliphatic carbocycles. The van der Waals surface area contributed by atoms with Gasteiger partial charge in [-0.15, -0.1) is 10.2 Å². The monoisotopic (exact) mass is 380 g/mol. The van der Waals surface area contributed by atoms with E-state index < -0.39 is 0 Å². The van der Waals surface area contributed by atoms with Gasteiger partial charge in [-0.25, -0.2) is 9.36 Å². The zero-order valence-electron chi connectivity index (χ0n) is 15.4. The average molecular weight is 380 g/mol. The number of rotatable bonds is 5. The van der Waals surface area contributed by atoms with Crippen molar-refractivity contribution in [3.63, 3.8) is 0 Å². The first-order valence-corrected chi connectivity index (χ1v) is 9.52. The number of nitrogens with zero attached hydrogens (tertiary/aromatic N) is 5. The molecular weight excluding hydrogens is 360 g/mol. The van der Waals surface area contributed by atoms with Crippen LogP contribution in [0.3, 0.4) is 0 Å². The van der Waals surface area contributed by atoms with Gasteiger partial charge in [-0.1, -0.05) is 23.9 Å². The standard InChI is InChI=1S/C19H20N6OS/c1-12-10-13(2)25(23-12)16-6-4-15(5-7-16)11-27-19-22-21-18(24(19)20)17-8-9-26-14(17)3/h4-10H,11,20H2,1-3H3. The Labute approximate surface area is 161 Å². The summed E-state index contributed by atoms with van der Waals surface area (Å²) >= 11 is 1.54. The van der Waals surface area contributed by atoms with E-state index in [1.54, 1.807) is 18.0 Å². The molecule has 0 saturated carbocycles. The van der Waals surface area contributed by atoms with Gasteiger partial charge < -0.3 is 10.3 Å². The Morgan fingerprint density at radius 2 is 1.85 bits per heavy atom. The molecule has 2 N–H and O–H groups in total. The zero-order chi connectivity index (χ0) is 19.0. The highest BCUT2D eigenvalue weighted by molar-refractivity contribution is 7.98. The first-order chi connectivity index (χ1) is 13.0. The van der Waals surface area contributed by atoms with Crippen molar-refractivity contribution in [2.24, 2.45) is 0 Å². The third-order valence-electron chi connectivity index (χ3n) is 4.32. The lowest BCUT2D eigenvalue weighted by molar-refractivity contribution is 0.535. The summed E-state index contributed by atoms with van der Waals surface area (Å²) in [4.78, 5) is 0. The van der Waals surface area contributed by atoms with Gasteiger partial charge >= 0.3 is 0 Å². The molecule has 0 saturated heterocycles. The van der Waals surface area contributed by atoms with Gasteiger partial charge in [0.25, 0.3) is 0 Å². The minimum Gasteiger partial charge on any atom is -0.469 e. The molecule has 0 bridgehead atoms. The van der Waals surface area contributed by atoms with Gasteiger partial charge in [0.05, 0.1) is 23.2 Å². The molecule has 0 amide bonds. The molecule has 1 aromatic carbocycles. The highest BCUT2D eigenvalue weighted by Gasteiger charge is 2.15. The van der Waals surface area contributed by atoms with Crippen molar-refractivity contribution in [2.45, 2.75) is 31.7 Å². The van der Waals surface area contributed by atoms with E-state index >= 15 is 0 Å². The van der Waals surface area contributed by atoms with E-state index in [0.29, 0.717) is 11.0 Å². The molecule has 4 aromatic rings. The maximum Gasteiger partial charge on any atom is 0.210 e. The lowest BCUT2D eigenvalue weighted by atomic mass is 10.2. The number of hydrogen-bond acceptors (Lipinski definition) is 6. The Balaban J connectivity index is 1.47. The zero-order valence-corrected chi connectivity index (χ0v) is 16.2. The number of aromatic nitrogens is 5. The maximum atomic E-state index is 6.16. The molecular formula is C19H20N6OS. The second-order valence-corrected chi connectivity index (χ2v) is 7.30. The Kier molecular flexibility index (Phi) is 4.49. The average Bonchev–Trinajstić information content (AvgIpc) is 3.33. The molecule has 0 aliphatic heterocycles. The van der Waals surface area contributed by atoms with Gasteiger partial charge in [0.1, 0.15) is 5.76 Å². The lowest BCUT2D eigenvalue weighted by Crippen LogP contribution is -2.11. The predicted molar refractivity (Wildman–Crippen MR) is 105 cm³/mol. The first kappa shape index (κ1) is 17.4. The van der Waals surface area contributed by atoms with Crippen molar-refractivity contribution in [3.8, 4) is 17.1 Å². The van der Waals surface area contributed by atoms with Crippen LogP contribution >= 0.6 is 11.8 Å². The summed E-state index contributed by atoms with van der Waals surface area (Å²) in [5, 5.41) is 13.6. The van der Waals surface area contributed by atoms with E-state index in [-0.39, 0.29) is 0 Å². The van der Waals surface area contributed by atoms with Crippen molar-refractivity contribution in [1.82, 2.24) is 24.7 Å². The molecule has 0 spiro atoms. The molecule has 8 heteroatoms. The summed E-state index contributed by atoms with van der Waals surface area (Å²) in [5.41, 5.74) is 5.21. The number of furan rings is 1. The minimum absolute atomic E-state index is 0.601. The summed E-state index contributed by atoms with van der Waals surface area (Å²) in [6, 6.07) is 12.2. The Morgan fingerprint density at radius 1 is 1.07 bits per heavy atom. The van der Waals surface area contributed by atoms with Crippen LogP contribution in [0.15, 0.2) is 52.2 Å². The number of hydrogen-bond donors (Lipinski definition) is 1. The van der Waals surface area contributed by atoms with E-state index in [4.69, 9.17) is 10.3 Å². The van der Waals surface area contributed by atoms with Crippen molar-refractivity contribution in [2.75, 3.05) is 5.84 Å². The van der Waals surface area contributed by atoms with Crippen molar-refractivity contribution < 1.29 is 4.42 Å². The molecule has 0 atom stereocenters. The maximum absolute atomic E-state index is 6.16. The van der Waals surface area contributed by atoms with Gasteiger partial charge in [-0.05, 0) is 50.6 Å². The second-order valence-electron chi connectivity index (χ2n) is 6.36. The van der Waals surface area contributed by atoms with Gasteiger partial charge in [-0.2, -0.15) is 5.10 Å². The van der Waals surface area contributed by atoms with E-state index in [2.05, 4.69) is 52.6 Å². The fourth-order valence-corrected chi connectivity index (χ4v) is 3.76. The molecule has 0 aliphatic rings. The van der Waals surface area contributed by atoms with Crippen LogP contribution in [0.2, 0.25) is 0 Å². The van der Waals surface area contributed by atoms with Crippen molar-refractivity contribution in [1.29, 1.82) is 0 Å². The molecule has 27 heavy (non-hydrogen) atoms. The largest absolute Gasteiger partial charge is 0.469 e. The van der Waals surface area contributed by atoms with Crippen LogP contribution in [0.5, 0.6) is 0 Å². The van der Waals surface area contributed by atoms with E-state index in [9.17, 15) is 0 Å². The SMILES string of the molecule is Cc1cc(C)n(-c2ccc(CSc3nnc(-c4ccoc4C)n3N)cc2)n1. The topological polar surface area (TPSA) is 87.7 Å². The predicted octanol–water partition coefficient (Wildman–Crippen LogP) is 3.66. The van der Waals surface area contributed by atoms with Crippen LogP contribution in [-0.2, 0) is 5.75 Å². The summed E-state index contributed by atoms with van der Waals surface area (Å²) < 4.78 is 8.77. The molecule has 7 nitrogen and oxygen atoms in total. The van der Waals surface area contributed by atoms with Gasteiger partial charge in [0.15, 0.2) is 5.82 Å². The van der Waals surface area contributed by atoms with Gasteiger partial charge in [-0.3, -0.25) is 0 Å². The van der Waals surface area contributed by atoms with Crippen LogP contribution in [0, 0.1) is 20.8 Å². The fourth-order valence-electron chi connectivity index (χ4n) is 2.95. The van der Waals surface area contributed by atoms with E-state index in [1.807, 2.05) is 24.6 Å². The first-order valence-electron chi connectivity index (χ1n) is 8.53. The highest BCUT2D eigenvalue weighted by Crippen LogP contribution is 2.27. The minimum atomic E-state index is 0.601. The molecule has 0 fully saturated rings. The molecule has 0 unspecified atom stereocenters. The Bertz CT molecular complexity index is 1080. The number of nitrogen functional groups attached to an aromatic ring is 1. The fraction of sp³-hybridized carbons (Fsp3) is 0.211. The normalized spacial score (nSPS) is 11.2. The summed E-state index contributed by atoms with van der Waals surface area (Å²) in [5.74, 6) is 8.28. The smallest absolute Gasteiger partial charge is 0.210 e. The van der Waals surface area contributed by atoms with Crippen molar-refractivity contribution in [3.05, 3.63) is 65.4 Å². The highest BCUT2D eigenvalue weighted by atomic mass is 32.2. The summed E-state index contributed by atoms with van der Waals surface area (Å²) in [6.45, 7) is 5.93. The second kappa shape index (κ2) is 6.96. The van der Waals surface area contributed by atoms with Crippen LogP contribution in [-0.4, -0.2) is 24.7 Å². The molecule has 4 rings (SSSR count). The van der Waals surface area contributed by atoms with Gasteiger partial charge in [0, 0.05) is 11.4 Å². The van der Waals surface area contributed by atoms with Crippen LogP contribution in [0.25, 0.3) is 17.1 Å². The third kappa shape index (κ3) is 3.35. The molecule has 0 radical (unpaired) electrons. The number of aryl methyl sites for hydroxylation is 3. The lowest BCUT2D eigenvalue weighted by Gasteiger charge is -2.06. The summed E-state index contributed by atoms with van der Waals surface area (Å²) in [7, 11) is 0. The van der Waals surface area contributed by atoms with Crippen LogP contribution in [0.4, 0.5) is 0 Å². The van der Waals surface area contributed by atoms with Crippen LogP contribution < -0.4 is 5.84 Å². The quantitative estimate of drug-likeness (QED) is 0.420. The van der Waals surface area contributed by atoms with Crippen molar-refractivity contribution >= 4 is 11.8 Å². The molecule has 3 heterocycles. The Morgan fingerprint density at radius 3 is 2.48 bits per heavy atom. The molecule has 138 valence electrons. The van der Waals surface area contributed by atoms with Crippen LogP contribution in [0.1, 0.15) is 22.7 Å². The van der Waals surface area contributed by atoms with E-state index in [1.165, 1.54) is 10.2 Å². The van der Waals surface area contributed by atoms with E-state index in [0.717, 1.165) is 34.2 Å². The third-order valence-corrected chi connectivity index (χ3v) is 5.34. The van der Waals surface area contributed by atoms with Gasteiger partial charge in [0.2, 0.25) is 5.16 Å². The number of nitrogens with two attached hydrogens (primary N) is 1.